The molecule has 33 heavy (non-hydrogen) atoms. The van der Waals surface area contributed by atoms with Crippen LogP contribution >= 0.6 is 0 Å². The van der Waals surface area contributed by atoms with Crippen molar-refractivity contribution in [3.8, 4) is 11.5 Å². The fourth-order valence-corrected chi connectivity index (χ4v) is 4.63. The number of nitrogens with one attached hydrogen (secondary N) is 1. The number of hydrogen-bond acceptors (Lipinski definition) is 4. The van der Waals surface area contributed by atoms with E-state index in [-0.39, 0.29) is 11.9 Å². The van der Waals surface area contributed by atoms with Crippen LogP contribution < -0.4 is 14.8 Å². The van der Waals surface area contributed by atoms with E-state index in [1.54, 1.807) is 14.2 Å². The van der Waals surface area contributed by atoms with Gasteiger partial charge in [-0.25, -0.2) is 0 Å². The summed E-state index contributed by atoms with van der Waals surface area (Å²) in [6, 6.07) is 20.4. The van der Waals surface area contributed by atoms with Crippen molar-refractivity contribution >= 4 is 5.91 Å². The SMILES string of the molecule is COc1cc2c(cc1OC)[C@@H](CNC(=O)c1ccccc1C)N(Cc1ccccc1C)CC2. The summed E-state index contributed by atoms with van der Waals surface area (Å²) in [4.78, 5) is 15.4. The molecular weight excluding hydrogens is 412 g/mol. The van der Waals surface area contributed by atoms with Gasteiger partial charge >= 0.3 is 0 Å². The van der Waals surface area contributed by atoms with Crippen molar-refractivity contribution in [2.24, 2.45) is 0 Å². The molecule has 1 N–H and O–H groups in total. The summed E-state index contributed by atoms with van der Waals surface area (Å²) in [5.74, 6) is 1.41. The van der Waals surface area contributed by atoms with Crippen LogP contribution in [0.5, 0.6) is 11.5 Å². The van der Waals surface area contributed by atoms with Gasteiger partial charge < -0.3 is 14.8 Å². The van der Waals surface area contributed by atoms with E-state index in [1.807, 2.05) is 31.2 Å². The van der Waals surface area contributed by atoms with Crippen molar-refractivity contribution in [2.45, 2.75) is 32.9 Å². The number of nitrogens with zero attached hydrogens (tertiary/aromatic N) is 1. The summed E-state index contributed by atoms with van der Waals surface area (Å²) in [6.45, 7) is 6.36. The van der Waals surface area contributed by atoms with Crippen LogP contribution in [0.2, 0.25) is 0 Å². The van der Waals surface area contributed by atoms with Gasteiger partial charge in [-0.2, -0.15) is 0 Å². The van der Waals surface area contributed by atoms with Gasteiger partial charge in [0.2, 0.25) is 0 Å². The van der Waals surface area contributed by atoms with Crippen molar-refractivity contribution in [1.82, 2.24) is 10.2 Å². The molecule has 0 fully saturated rings. The minimum absolute atomic E-state index is 0.0288. The highest BCUT2D eigenvalue weighted by Gasteiger charge is 2.30. The first-order valence-corrected chi connectivity index (χ1v) is 11.4. The normalized spacial score (nSPS) is 15.6. The molecule has 0 saturated carbocycles. The quantitative estimate of drug-likeness (QED) is 0.566. The van der Waals surface area contributed by atoms with Crippen LogP contribution in [0.15, 0.2) is 60.7 Å². The number of benzene rings is 3. The first-order valence-electron chi connectivity index (χ1n) is 11.4. The second-order valence-corrected chi connectivity index (χ2v) is 8.59. The number of methoxy groups -OCH3 is 2. The lowest BCUT2D eigenvalue weighted by molar-refractivity contribution is 0.0925. The fraction of sp³-hybridized carbons (Fsp3) is 0.321. The molecule has 0 unspecified atom stereocenters. The van der Waals surface area contributed by atoms with E-state index in [2.05, 4.69) is 53.5 Å². The van der Waals surface area contributed by atoms with Gasteiger partial charge in [0.25, 0.3) is 5.91 Å². The third-order valence-corrected chi connectivity index (χ3v) is 6.59. The number of carbonyl (C=O) groups excluding carboxylic acids is 1. The maximum absolute atomic E-state index is 13.0. The largest absolute Gasteiger partial charge is 0.493 e. The Bertz CT molecular complexity index is 1140. The molecular formula is C28H32N2O3. The predicted octanol–water partition coefficient (Wildman–Crippen LogP) is 4.85. The summed E-state index contributed by atoms with van der Waals surface area (Å²) < 4.78 is 11.1. The molecule has 1 heterocycles. The third-order valence-electron chi connectivity index (χ3n) is 6.59. The number of amides is 1. The van der Waals surface area contributed by atoms with E-state index in [0.29, 0.717) is 17.9 Å². The lowest BCUT2D eigenvalue weighted by Crippen LogP contribution is -2.42. The maximum atomic E-state index is 13.0. The molecule has 1 amide bonds. The zero-order valence-electron chi connectivity index (χ0n) is 19.9. The zero-order valence-corrected chi connectivity index (χ0v) is 19.9. The highest BCUT2D eigenvalue weighted by atomic mass is 16.5. The number of hydrogen-bond donors (Lipinski definition) is 1. The van der Waals surface area contributed by atoms with Gasteiger partial charge in [0.1, 0.15) is 0 Å². The molecule has 0 bridgehead atoms. The number of carbonyl (C=O) groups is 1. The molecule has 5 heteroatoms. The number of ether oxygens (including phenoxy) is 2. The van der Waals surface area contributed by atoms with Crippen LogP contribution in [0, 0.1) is 13.8 Å². The summed E-state index contributed by atoms with van der Waals surface area (Å²) in [7, 11) is 3.32. The number of fused-ring (bicyclic) bond motifs is 1. The van der Waals surface area contributed by atoms with Crippen LogP contribution in [0.25, 0.3) is 0 Å². The monoisotopic (exact) mass is 444 g/mol. The van der Waals surface area contributed by atoms with E-state index in [9.17, 15) is 4.79 Å². The standard InChI is InChI=1S/C28H32N2O3/c1-19-9-5-7-11-22(19)18-30-14-13-21-15-26(32-3)27(33-4)16-24(21)25(30)17-29-28(31)23-12-8-6-10-20(23)2/h5-12,15-16,25H,13-14,17-18H2,1-4H3,(H,29,31)/t25-/m1/s1. The fourth-order valence-electron chi connectivity index (χ4n) is 4.63. The number of rotatable bonds is 7. The molecule has 0 aliphatic carbocycles. The zero-order chi connectivity index (χ0) is 23.4. The lowest BCUT2D eigenvalue weighted by Gasteiger charge is -2.38. The smallest absolute Gasteiger partial charge is 0.251 e. The van der Waals surface area contributed by atoms with E-state index >= 15 is 0 Å². The van der Waals surface area contributed by atoms with Crippen LogP contribution in [0.1, 0.15) is 44.2 Å². The molecule has 3 aromatic carbocycles. The molecule has 4 rings (SSSR count). The second-order valence-electron chi connectivity index (χ2n) is 8.59. The van der Waals surface area contributed by atoms with Gasteiger partial charge in [-0.3, -0.25) is 9.69 Å². The summed E-state index contributed by atoms with van der Waals surface area (Å²) in [5, 5.41) is 3.19. The van der Waals surface area contributed by atoms with Crippen molar-refractivity contribution in [3.63, 3.8) is 0 Å². The summed E-state index contributed by atoms with van der Waals surface area (Å²) >= 11 is 0. The van der Waals surface area contributed by atoms with E-state index in [4.69, 9.17) is 9.47 Å². The summed E-state index contributed by atoms with van der Waals surface area (Å²) in [5.41, 5.74) is 6.69. The van der Waals surface area contributed by atoms with Crippen LogP contribution in [0.4, 0.5) is 0 Å². The minimum atomic E-state index is -0.0449. The third kappa shape index (κ3) is 4.88. The van der Waals surface area contributed by atoms with Crippen LogP contribution in [-0.2, 0) is 13.0 Å². The molecule has 1 atom stereocenters. The molecule has 5 nitrogen and oxygen atoms in total. The Morgan fingerprint density at radius 1 is 0.970 bits per heavy atom. The van der Waals surface area contributed by atoms with E-state index in [0.717, 1.165) is 30.8 Å². The topological polar surface area (TPSA) is 50.8 Å². The van der Waals surface area contributed by atoms with Gasteiger partial charge in [-0.15, -0.1) is 0 Å². The van der Waals surface area contributed by atoms with Crippen molar-refractivity contribution in [1.29, 1.82) is 0 Å². The Morgan fingerprint density at radius 2 is 1.64 bits per heavy atom. The highest BCUT2D eigenvalue weighted by molar-refractivity contribution is 5.95. The molecule has 0 spiro atoms. The highest BCUT2D eigenvalue weighted by Crippen LogP contribution is 2.38. The molecule has 1 aliphatic rings. The maximum Gasteiger partial charge on any atom is 0.251 e. The van der Waals surface area contributed by atoms with Crippen LogP contribution in [-0.4, -0.2) is 38.1 Å². The van der Waals surface area contributed by atoms with Crippen molar-refractivity contribution in [2.75, 3.05) is 27.3 Å². The Kier molecular flexibility index (Phi) is 6.99. The van der Waals surface area contributed by atoms with Crippen molar-refractivity contribution in [3.05, 3.63) is 94.0 Å². The molecule has 0 saturated heterocycles. The van der Waals surface area contributed by atoms with Gasteiger partial charge in [-0.1, -0.05) is 42.5 Å². The Morgan fingerprint density at radius 3 is 2.33 bits per heavy atom. The average Bonchev–Trinajstić information content (AvgIpc) is 2.83. The molecule has 3 aromatic rings. The van der Waals surface area contributed by atoms with Crippen molar-refractivity contribution < 1.29 is 14.3 Å². The first kappa shape index (κ1) is 22.9. The predicted molar refractivity (Wildman–Crippen MR) is 131 cm³/mol. The molecule has 0 radical (unpaired) electrons. The van der Waals surface area contributed by atoms with Gasteiger partial charge in [0, 0.05) is 25.2 Å². The van der Waals surface area contributed by atoms with E-state index < -0.39 is 0 Å². The van der Waals surface area contributed by atoms with Gasteiger partial charge in [-0.05, 0) is 66.3 Å². The van der Waals surface area contributed by atoms with E-state index in [1.165, 1.54) is 22.3 Å². The van der Waals surface area contributed by atoms with Gasteiger partial charge in [0.15, 0.2) is 11.5 Å². The second kappa shape index (κ2) is 10.1. The average molecular weight is 445 g/mol. The lowest BCUT2D eigenvalue weighted by atomic mass is 9.91. The Hall–Kier alpha value is -3.31. The molecule has 1 aliphatic heterocycles. The minimum Gasteiger partial charge on any atom is -0.493 e. The summed E-state index contributed by atoms with van der Waals surface area (Å²) in [6.07, 6.45) is 0.920. The number of aryl methyl sites for hydroxylation is 2. The molecule has 172 valence electrons. The Labute approximate surface area is 196 Å². The van der Waals surface area contributed by atoms with Gasteiger partial charge in [0.05, 0.1) is 20.3 Å². The Balaban J connectivity index is 1.65. The first-order chi connectivity index (χ1) is 16.0. The molecule has 0 aromatic heterocycles. The van der Waals surface area contributed by atoms with Crippen LogP contribution in [0.3, 0.4) is 0 Å².